The number of aliphatic hydroxyl groups is 1. The van der Waals surface area contributed by atoms with Gasteiger partial charge in [0.15, 0.2) is 0 Å². The molecular formula is C12H21NO4. The van der Waals surface area contributed by atoms with Crippen LogP contribution in [0.2, 0.25) is 0 Å². The van der Waals surface area contributed by atoms with Crippen LogP contribution < -0.4 is 0 Å². The second-order valence-electron chi connectivity index (χ2n) is 5.46. The van der Waals surface area contributed by atoms with E-state index < -0.39 is 0 Å². The summed E-state index contributed by atoms with van der Waals surface area (Å²) in [6, 6.07) is 0. The van der Waals surface area contributed by atoms with Crippen molar-refractivity contribution in [1.82, 2.24) is 4.90 Å². The first-order valence-electron chi connectivity index (χ1n) is 6.17. The number of ether oxygens (including phenoxy) is 2. The summed E-state index contributed by atoms with van der Waals surface area (Å²) in [5, 5.41) is 9.20. The number of hydrogen-bond acceptors (Lipinski definition) is 4. The van der Waals surface area contributed by atoms with Crippen molar-refractivity contribution in [2.24, 2.45) is 5.92 Å². The first-order valence-corrected chi connectivity index (χ1v) is 6.17. The van der Waals surface area contributed by atoms with E-state index >= 15 is 0 Å². The van der Waals surface area contributed by atoms with Gasteiger partial charge in [-0.1, -0.05) is 0 Å². The van der Waals surface area contributed by atoms with E-state index in [-0.39, 0.29) is 30.1 Å². The number of amides is 1. The van der Waals surface area contributed by atoms with Crippen LogP contribution in [0.5, 0.6) is 0 Å². The largest absolute Gasteiger partial charge is 0.394 e. The standard InChI is InChI=1S/C12H21NO4/c1-12(2)8-13(5-10(6-14)17-12)11(15)9-3-4-16-7-9/h9-10,14H,3-8H2,1-2H3. The van der Waals surface area contributed by atoms with Gasteiger partial charge in [0.25, 0.3) is 0 Å². The molecule has 0 spiro atoms. The quantitative estimate of drug-likeness (QED) is 0.743. The Morgan fingerprint density at radius 3 is 2.88 bits per heavy atom. The van der Waals surface area contributed by atoms with Gasteiger partial charge in [0.05, 0.1) is 30.8 Å². The third-order valence-electron chi connectivity index (χ3n) is 3.28. The zero-order valence-corrected chi connectivity index (χ0v) is 10.5. The highest BCUT2D eigenvalue weighted by Gasteiger charge is 2.38. The maximum atomic E-state index is 12.3. The van der Waals surface area contributed by atoms with Crippen molar-refractivity contribution >= 4 is 5.91 Å². The molecule has 0 aliphatic carbocycles. The predicted octanol–water partition coefficient (Wildman–Crippen LogP) is 0.0212. The Balaban J connectivity index is 2.01. The molecule has 1 N–H and O–H groups in total. The normalized spacial score (nSPS) is 32.8. The summed E-state index contributed by atoms with van der Waals surface area (Å²) in [6.07, 6.45) is 0.533. The van der Waals surface area contributed by atoms with E-state index in [2.05, 4.69) is 0 Å². The Kier molecular flexibility index (Phi) is 3.70. The van der Waals surface area contributed by atoms with E-state index in [4.69, 9.17) is 9.47 Å². The number of hydrogen-bond donors (Lipinski definition) is 1. The van der Waals surface area contributed by atoms with Crippen LogP contribution in [0.3, 0.4) is 0 Å². The number of carbonyl (C=O) groups is 1. The summed E-state index contributed by atoms with van der Waals surface area (Å²) >= 11 is 0. The van der Waals surface area contributed by atoms with Crippen molar-refractivity contribution in [3.8, 4) is 0 Å². The lowest BCUT2D eigenvalue weighted by atomic mass is 10.0. The van der Waals surface area contributed by atoms with Gasteiger partial charge in [-0.25, -0.2) is 0 Å². The fourth-order valence-corrected chi connectivity index (χ4v) is 2.55. The van der Waals surface area contributed by atoms with Crippen molar-refractivity contribution in [1.29, 1.82) is 0 Å². The molecule has 2 saturated heterocycles. The van der Waals surface area contributed by atoms with Crippen molar-refractivity contribution in [3.05, 3.63) is 0 Å². The topological polar surface area (TPSA) is 59.0 Å². The van der Waals surface area contributed by atoms with Gasteiger partial charge in [-0.05, 0) is 20.3 Å². The van der Waals surface area contributed by atoms with Crippen LogP contribution in [0.15, 0.2) is 0 Å². The average molecular weight is 243 g/mol. The highest BCUT2D eigenvalue weighted by atomic mass is 16.5. The Morgan fingerprint density at radius 1 is 1.53 bits per heavy atom. The minimum atomic E-state index is -0.388. The summed E-state index contributed by atoms with van der Waals surface area (Å²) in [5.41, 5.74) is -0.388. The SMILES string of the molecule is CC1(C)CN(C(=O)C2CCOC2)CC(CO)O1. The molecule has 2 fully saturated rings. The lowest BCUT2D eigenvalue weighted by Crippen LogP contribution is -2.56. The zero-order chi connectivity index (χ0) is 12.5. The maximum absolute atomic E-state index is 12.3. The van der Waals surface area contributed by atoms with Crippen LogP contribution in [-0.4, -0.2) is 60.5 Å². The number of nitrogens with zero attached hydrogens (tertiary/aromatic N) is 1. The third kappa shape index (κ3) is 2.97. The fraction of sp³-hybridized carbons (Fsp3) is 0.917. The summed E-state index contributed by atoms with van der Waals surface area (Å²) in [6.45, 7) is 6.11. The summed E-state index contributed by atoms with van der Waals surface area (Å²) in [5.74, 6) is 0.126. The van der Waals surface area contributed by atoms with Crippen molar-refractivity contribution in [3.63, 3.8) is 0 Å². The van der Waals surface area contributed by atoms with E-state index in [0.717, 1.165) is 6.42 Å². The first-order chi connectivity index (χ1) is 8.02. The smallest absolute Gasteiger partial charge is 0.228 e. The molecular weight excluding hydrogens is 222 g/mol. The van der Waals surface area contributed by atoms with E-state index in [9.17, 15) is 9.90 Å². The van der Waals surface area contributed by atoms with E-state index in [1.807, 2.05) is 18.7 Å². The molecule has 5 nitrogen and oxygen atoms in total. The fourth-order valence-electron chi connectivity index (χ4n) is 2.55. The van der Waals surface area contributed by atoms with Crippen LogP contribution in [0.1, 0.15) is 20.3 Å². The molecule has 1 amide bonds. The van der Waals surface area contributed by atoms with E-state index in [1.165, 1.54) is 0 Å². The molecule has 2 rings (SSSR count). The number of aliphatic hydroxyl groups excluding tert-OH is 1. The van der Waals surface area contributed by atoms with Gasteiger partial charge < -0.3 is 19.5 Å². The monoisotopic (exact) mass is 243 g/mol. The minimum Gasteiger partial charge on any atom is -0.394 e. The predicted molar refractivity (Wildman–Crippen MR) is 61.5 cm³/mol. The van der Waals surface area contributed by atoms with Crippen LogP contribution in [0, 0.1) is 5.92 Å². The lowest BCUT2D eigenvalue weighted by Gasteiger charge is -2.43. The molecule has 17 heavy (non-hydrogen) atoms. The van der Waals surface area contributed by atoms with Crippen LogP contribution >= 0.6 is 0 Å². The van der Waals surface area contributed by atoms with Gasteiger partial charge in [0, 0.05) is 19.7 Å². The molecule has 0 aromatic heterocycles. The third-order valence-corrected chi connectivity index (χ3v) is 3.28. The average Bonchev–Trinajstić information content (AvgIpc) is 2.79. The molecule has 0 aromatic carbocycles. The Bertz CT molecular complexity index is 286. The van der Waals surface area contributed by atoms with Crippen LogP contribution in [-0.2, 0) is 14.3 Å². The van der Waals surface area contributed by atoms with Gasteiger partial charge in [-0.3, -0.25) is 4.79 Å². The van der Waals surface area contributed by atoms with E-state index in [0.29, 0.717) is 26.3 Å². The molecule has 2 aliphatic rings. The molecule has 0 radical (unpaired) electrons. The van der Waals surface area contributed by atoms with Gasteiger partial charge >= 0.3 is 0 Å². The maximum Gasteiger partial charge on any atom is 0.228 e. The molecule has 2 aliphatic heterocycles. The molecule has 98 valence electrons. The second kappa shape index (κ2) is 4.92. The number of morpholine rings is 1. The molecule has 2 atom stereocenters. The lowest BCUT2D eigenvalue weighted by molar-refractivity contribution is -0.169. The number of rotatable bonds is 2. The van der Waals surface area contributed by atoms with E-state index in [1.54, 1.807) is 0 Å². The minimum absolute atomic E-state index is 0.0109. The number of carbonyl (C=O) groups excluding carboxylic acids is 1. The first kappa shape index (κ1) is 12.8. The van der Waals surface area contributed by atoms with Crippen molar-refractivity contribution < 1.29 is 19.4 Å². The van der Waals surface area contributed by atoms with Gasteiger partial charge in [-0.2, -0.15) is 0 Å². The molecule has 5 heteroatoms. The Morgan fingerprint density at radius 2 is 2.29 bits per heavy atom. The van der Waals surface area contributed by atoms with Gasteiger partial charge in [0.1, 0.15) is 0 Å². The van der Waals surface area contributed by atoms with Crippen molar-refractivity contribution in [2.45, 2.75) is 32.0 Å². The molecule has 2 heterocycles. The highest BCUT2D eigenvalue weighted by Crippen LogP contribution is 2.24. The molecule has 0 bridgehead atoms. The van der Waals surface area contributed by atoms with Crippen LogP contribution in [0.25, 0.3) is 0 Å². The van der Waals surface area contributed by atoms with Gasteiger partial charge in [0.2, 0.25) is 5.91 Å². The molecule has 0 saturated carbocycles. The Labute approximate surface area is 102 Å². The Hall–Kier alpha value is -0.650. The zero-order valence-electron chi connectivity index (χ0n) is 10.5. The summed E-state index contributed by atoms with van der Waals surface area (Å²) in [4.78, 5) is 14.1. The molecule has 2 unspecified atom stereocenters. The van der Waals surface area contributed by atoms with Crippen molar-refractivity contribution in [2.75, 3.05) is 32.9 Å². The second-order valence-corrected chi connectivity index (χ2v) is 5.46. The molecule has 0 aromatic rings. The summed E-state index contributed by atoms with van der Waals surface area (Å²) < 4.78 is 10.9. The van der Waals surface area contributed by atoms with Crippen LogP contribution in [0.4, 0.5) is 0 Å². The van der Waals surface area contributed by atoms with Gasteiger partial charge in [-0.15, -0.1) is 0 Å². The highest BCUT2D eigenvalue weighted by molar-refractivity contribution is 5.79. The summed E-state index contributed by atoms with van der Waals surface area (Å²) in [7, 11) is 0.